The second-order valence-electron chi connectivity index (χ2n) is 7.17. The van der Waals surface area contributed by atoms with E-state index in [-0.39, 0.29) is 5.91 Å². The van der Waals surface area contributed by atoms with Crippen LogP contribution >= 0.6 is 11.6 Å². The van der Waals surface area contributed by atoms with Gasteiger partial charge in [-0.1, -0.05) is 29.8 Å². The van der Waals surface area contributed by atoms with Gasteiger partial charge in [0, 0.05) is 43.5 Å². The van der Waals surface area contributed by atoms with Crippen molar-refractivity contribution >= 4 is 35.0 Å². The first kappa shape index (κ1) is 20.1. The number of nitrogens with zero attached hydrogens (tertiary/aromatic N) is 5. The van der Waals surface area contributed by atoms with E-state index in [1.54, 1.807) is 6.20 Å². The number of carbonyl (C=O) groups is 1. The number of halogens is 1. The van der Waals surface area contributed by atoms with Crippen molar-refractivity contribution in [1.82, 2.24) is 19.9 Å². The number of hydrogen-bond acceptors (Lipinski definition) is 6. The summed E-state index contributed by atoms with van der Waals surface area (Å²) in [4.78, 5) is 30.1. The highest BCUT2D eigenvalue weighted by Crippen LogP contribution is 2.20. The predicted molar refractivity (Wildman–Crippen MR) is 118 cm³/mol. The number of benzene rings is 1. The molecule has 154 valence electrons. The number of hydrogen-bond donors (Lipinski definition) is 1. The zero-order valence-corrected chi connectivity index (χ0v) is 17.5. The van der Waals surface area contributed by atoms with Crippen molar-refractivity contribution in [3.63, 3.8) is 0 Å². The van der Waals surface area contributed by atoms with Crippen molar-refractivity contribution in [2.45, 2.75) is 13.3 Å². The number of piperazine rings is 1. The molecule has 0 spiro atoms. The van der Waals surface area contributed by atoms with Crippen LogP contribution in [0.5, 0.6) is 0 Å². The smallest absolute Gasteiger partial charge is 0.227 e. The van der Waals surface area contributed by atoms with Gasteiger partial charge >= 0.3 is 0 Å². The predicted octanol–water partition coefficient (Wildman–Crippen LogP) is 3.47. The van der Waals surface area contributed by atoms with Crippen molar-refractivity contribution in [2.24, 2.45) is 0 Å². The van der Waals surface area contributed by atoms with Gasteiger partial charge < -0.3 is 15.1 Å². The van der Waals surface area contributed by atoms with Crippen molar-refractivity contribution in [3.05, 3.63) is 71.1 Å². The molecule has 1 saturated heterocycles. The fraction of sp³-hybridized carbons (Fsp3) is 0.273. The van der Waals surface area contributed by atoms with Gasteiger partial charge in [0.2, 0.25) is 5.91 Å². The minimum atomic E-state index is 0.133. The maximum atomic E-state index is 12.6. The van der Waals surface area contributed by atoms with Crippen LogP contribution in [-0.4, -0.2) is 51.9 Å². The number of anilines is 3. The van der Waals surface area contributed by atoms with Crippen LogP contribution < -0.4 is 10.2 Å². The molecule has 30 heavy (non-hydrogen) atoms. The number of aromatic nitrogens is 3. The summed E-state index contributed by atoms with van der Waals surface area (Å²) in [7, 11) is 0. The number of pyridine rings is 1. The third-order valence-corrected chi connectivity index (χ3v) is 5.22. The van der Waals surface area contributed by atoms with E-state index in [0.717, 1.165) is 30.3 Å². The molecule has 1 aliphatic heterocycles. The summed E-state index contributed by atoms with van der Waals surface area (Å²) in [5.74, 6) is 3.11. The van der Waals surface area contributed by atoms with Gasteiger partial charge in [-0.3, -0.25) is 4.79 Å². The summed E-state index contributed by atoms with van der Waals surface area (Å²) in [6, 6.07) is 15.0. The minimum Gasteiger partial charge on any atom is -0.353 e. The Balaban J connectivity index is 1.37. The Kier molecular flexibility index (Phi) is 6.09. The minimum absolute atomic E-state index is 0.133. The maximum absolute atomic E-state index is 12.6. The van der Waals surface area contributed by atoms with Crippen LogP contribution in [0.15, 0.2) is 54.7 Å². The van der Waals surface area contributed by atoms with E-state index in [1.807, 2.05) is 60.4 Å². The van der Waals surface area contributed by atoms with Gasteiger partial charge in [0.25, 0.3) is 0 Å². The average molecular weight is 423 g/mol. The van der Waals surface area contributed by atoms with Crippen LogP contribution in [0, 0.1) is 6.92 Å². The summed E-state index contributed by atoms with van der Waals surface area (Å²) in [5.41, 5.74) is 0.975. The van der Waals surface area contributed by atoms with E-state index < -0.39 is 0 Å². The Hall–Kier alpha value is -3.19. The fourth-order valence-electron chi connectivity index (χ4n) is 3.42. The SMILES string of the molecule is Cc1nc(Nc2ccccn2)cc(N2CCN(C(=O)Cc3ccc(Cl)cc3)CC2)n1. The van der Waals surface area contributed by atoms with E-state index >= 15 is 0 Å². The standard InChI is InChI=1S/C22H23ClN6O/c1-16-25-20(27-19-4-2-3-9-24-19)15-21(26-16)28-10-12-29(13-11-28)22(30)14-17-5-7-18(23)8-6-17/h2-9,15H,10-14H2,1H3,(H,24,25,26,27). The van der Waals surface area contributed by atoms with Crippen molar-refractivity contribution in [1.29, 1.82) is 0 Å². The van der Waals surface area contributed by atoms with E-state index in [4.69, 9.17) is 11.6 Å². The van der Waals surface area contributed by atoms with Crippen LogP contribution in [0.25, 0.3) is 0 Å². The molecule has 2 aromatic heterocycles. The Morgan fingerprint density at radius 2 is 1.80 bits per heavy atom. The molecule has 1 aromatic carbocycles. The van der Waals surface area contributed by atoms with Gasteiger partial charge in [0.05, 0.1) is 6.42 Å². The van der Waals surface area contributed by atoms with Crippen LogP contribution in [-0.2, 0) is 11.2 Å². The molecule has 0 saturated carbocycles. The summed E-state index contributed by atoms with van der Waals surface area (Å²) in [5, 5.41) is 3.90. The Morgan fingerprint density at radius 3 is 2.50 bits per heavy atom. The van der Waals surface area contributed by atoms with Crippen molar-refractivity contribution < 1.29 is 4.79 Å². The first-order valence-electron chi connectivity index (χ1n) is 9.88. The van der Waals surface area contributed by atoms with Crippen LogP contribution in [0.1, 0.15) is 11.4 Å². The van der Waals surface area contributed by atoms with Crippen molar-refractivity contribution in [2.75, 3.05) is 36.4 Å². The molecular weight excluding hydrogens is 400 g/mol. The third kappa shape index (κ3) is 5.04. The average Bonchev–Trinajstić information content (AvgIpc) is 2.76. The molecule has 7 nitrogen and oxygen atoms in total. The van der Waals surface area contributed by atoms with E-state index in [1.165, 1.54) is 0 Å². The highest BCUT2D eigenvalue weighted by atomic mass is 35.5. The second-order valence-corrected chi connectivity index (χ2v) is 7.61. The van der Waals surface area contributed by atoms with Gasteiger partial charge in [-0.25, -0.2) is 15.0 Å². The molecular formula is C22H23ClN6O. The third-order valence-electron chi connectivity index (χ3n) is 4.97. The van der Waals surface area contributed by atoms with Gasteiger partial charge in [-0.05, 0) is 36.8 Å². The maximum Gasteiger partial charge on any atom is 0.227 e. The van der Waals surface area contributed by atoms with Crippen LogP contribution in [0.3, 0.4) is 0 Å². The van der Waals surface area contributed by atoms with Crippen LogP contribution in [0.4, 0.5) is 17.5 Å². The highest BCUT2D eigenvalue weighted by Gasteiger charge is 2.22. The summed E-state index contributed by atoms with van der Waals surface area (Å²) in [6.07, 6.45) is 2.12. The molecule has 0 aliphatic carbocycles. The monoisotopic (exact) mass is 422 g/mol. The number of aryl methyl sites for hydroxylation is 1. The molecule has 4 rings (SSSR count). The number of nitrogens with one attached hydrogen (secondary N) is 1. The largest absolute Gasteiger partial charge is 0.353 e. The molecule has 0 radical (unpaired) electrons. The summed E-state index contributed by atoms with van der Waals surface area (Å²) in [6.45, 7) is 4.66. The molecule has 1 N–H and O–H groups in total. The van der Waals surface area contributed by atoms with Gasteiger partial charge in [0.1, 0.15) is 23.3 Å². The fourth-order valence-corrected chi connectivity index (χ4v) is 3.55. The number of amides is 1. The molecule has 8 heteroatoms. The molecule has 1 amide bonds. The first-order valence-corrected chi connectivity index (χ1v) is 10.3. The quantitative estimate of drug-likeness (QED) is 0.678. The molecule has 0 bridgehead atoms. The first-order chi connectivity index (χ1) is 14.6. The molecule has 1 aliphatic rings. The lowest BCUT2D eigenvalue weighted by molar-refractivity contribution is -0.130. The lowest BCUT2D eigenvalue weighted by Crippen LogP contribution is -2.49. The Labute approximate surface area is 180 Å². The molecule has 3 aromatic rings. The van der Waals surface area contributed by atoms with Gasteiger partial charge in [-0.15, -0.1) is 0 Å². The topological polar surface area (TPSA) is 74.2 Å². The van der Waals surface area contributed by atoms with Gasteiger partial charge in [0.15, 0.2) is 0 Å². The Morgan fingerprint density at radius 1 is 1.03 bits per heavy atom. The van der Waals surface area contributed by atoms with E-state index in [2.05, 4.69) is 25.2 Å². The number of rotatable bonds is 5. The zero-order chi connectivity index (χ0) is 20.9. The van der Waals surface area contributed by atoms with Crippen LogP contribution in [0.2, 0.25) is 5.02 Å². The van der Waals surface area contributed by atoms with E-state index in [0.29, 0.717) is 36.2 Å². The summed E-state index contributed by atoms with van der Waals surface area (Å²) < 4.78 is 0. The molecule has 0 atom stereocenters. The lowest BCUT2D eigenvalue weighted by atomic mass is 10.1. The second kappa shape index (κ2) is 9.09. The van der Waals surface area contributed by atoms with E-state index in [9.17, 15) is 4.79 Å². The normalized spacial score (nSPS) is 13.9. The zero-order valence-electron chi connectivity index (χ0n) is 16.8. The Bertz CT molecular complexity index is 1000. The van der Waals surface area contributed by atoms with Gasteiger partial charge in [-0.2, -0.15) is 0 Å². The molecule has 1 fully saturated rings. The highest BCUT2D eigenvalue weighted by molar-refractivity contribution is 6.30. The summed E-state index contributed by atoms with van der Waals surface area (Å²) >= 11 is 5.92. The molecule has 0 unspecified atom stereocenters. The number of carbonyl (C=O) groups excluding carboxylic acids is 1. The van der Waals surface area contributed by atoms with Crippen molar-refractivity contribution in [3.8, 4) is 0 Å². The lowest BCUT2D eigenvalue weighted by Gasteiger charge is -2.35. The molecule has 3 heterocycles.